The molecule has 0 fully saturated rings. The molecule has 2 N–H and O–H groups in total. The quantitative estimate of drug-likeness (QED) is 0.809. The predicted octanol–water partition coefficient (Wildman–Crippen LogP) is 0.981. The van der Waals surface area contributed by atoms with E-state index in [1.54, 1.807) is 6.92 Å². The summed E-state index contributed by atoms with van der Waals surface area (Å²) in [5.41, 5.74) is 7.58. The van der Waals surface area contributed by atoms with Gasteiger partial charge in [0, 0.05) is 0 Å². The molecule has 16 heavy (non-hydrogen) atoms. The van der Waals surface area contributed by atoms with E-state index in [0.717, 1.165) is 16.6 Å². The van der Waals surface area contributed by atoms with Crippen molar-refractivity contribution in [3.8, 4) is 6.07 Å². The molecule has 2 aromatic rings. The molecule has 0 aliphatic carbocycles. The molecule has 0 saturated heterocycles. The maximum Gasteiger partial charge on any atom is 0.122 e. The van der Waals surface area contributed by atoms with E-state index in [0.29, 0.717) is 0 Å². The Hall–Kier alpha value is -1.93. The van der Waals surface area contributed by atoms with Crippen molar-refractivity contribution in [1.82, 2.24) is 15.0 Å². The summed E-state index contributed by atoms with van der Waals surface area (Å²) in [5, 5.41) is 17.4. The number of fused-ring (bicyclic) bond motifs is 1. The van der Waals surface area contributed by atoms with Crippen LogP contribution in [0.15, 0.2) is 18.2 Å². The molecule has 5 heteroatoms. The van der Waals surface area contributed by atoms with Gasteiger partial charge in [-0.3, -0.25) is 0 Å². The van der Waals surface area contributed by atoms with Crippen LogP contribution in [-0.4, -0.2) is 20.5 Å². The van der Waals surface area contributed by atoms with Crippen LogP contribution in [0, 0.1) is 18.3 Å². The number of benzene rings is 1. The number of nitrogens with two attached hydrogens (primary N) is 1. The van der Waals surface area contributed by atoms with Crippen molar-refractivity contribution in [3.05, 3.63) is 23.8 Å². The van der Waals surface area contributed by atoms with Crippen LogP contribution < -0.4 is 5.73 Å². The highest BCUT2D eigenvalue weighted by Gasteiger charge is 2.19. The first kappa shape index (κ1) is 10.6. The molecule has 1 atom stereocenters. The molecule has 0 spiro atoms. The van der Waals surface area contributed by atoms with Crippen LogP contribution >= 0.6 is 0 Å². The van der Waals surface area contributed by atoms with Crippen molar-refractivity contribution in [2.45, 2.75) is 25.9 Å². The third-order valence-corrected chi connectivity index (χ3v) is 2.30. The zero-order valence-electron chi connectivity index (χ0n) is 9.31. The van der Waals surface area contributed by atoms with E-state index in [1.807, 2.05) is 31.2 Å². The van der Waals surface area contributed by atoms with Gasteiger partial charge in [0.25, 0.3) is 0 Å². The zero-order valence-corrected chi connectivity index (χ0v) is 9.31. The zero-order chi connectivity index (χ0) is 11.8. The summed E-state index contributed by atoms with van der Waals surface area (Å²) in [6, 6.07) is 7.87. The lowest BCUT2D eigenvalue weighted by atomic mass is 10.1. The van der Waals surface area contributed by atoms with Crippen molar-refractivity contribution in [3.63, 3.8) is 0 Å². The molecule has 1 unspecified atom stereocenters. The largest absolute Gasteiger partial charge is 0.312 e. The fraction of sp³-hybridized carbons (Fsp3) is 0.364. The summed E-state index contributed by atoms with van der Waals surface area (Å²) in [6.07, 6.45) is 0. The van der Waals surface area contributed by atoms with Crippen LogP contribution in [0.3, 0.4) is 0 Å². The standard InChI is InChI=1S/C11H13N5/c1-8-3-4-9-10(5-8)15-16(14-9)7-11(2,13)6-12/h3-5H,7,13H2,1-2H3. The van der Waals surface area contributed by atoms with E-state index in [1.165, 1.54) is 4.80 Å². The number of aryl methyl sites for hydroxylation is 1. The lowest BCUT2D eigenvalue weighted by Gasteiger charge is -2.13. The average Bonchev–Trinajstić information content (AvgIpc) is 2.58. The maximum absolute atomic E-state index is 8.83. The maximum atomic E-state index is 8.83. The van der Waals surface area contributed by atoms with Gasteiger partial charge in [-0.2, -0.15) is 20.3 Å². The van der Waals surface area contributed by atoms with Gasteiger partial charge in [0.15, 0.2) is 0 Å². The number of hydrogen-bond acceptors (Lipinski definition) is 4. The molecule has 1 aromatic carbocycles. The molecule has 2 rings (SSSR count). The number of rotatable bonds is 2. The van der Waals surface area contributed by atoms with E-state index < -0.39 is 5.54 Å². The molecule has 5 nitrogen and oxygen atoms in total. The second-order valence-electron chi connectivity index (χ2n) is 4.25. The molecular weight excluding hydrogens is 202 g/mol. The van der Waals surface area contributed by atoms with Gasteiger partial charge in [0.05, 0.1) is 12.6 Å². The second kappa shape index (κ2) is 3.58. The summed E-state index contributed by atoms with van der Waals surface area (Å²) < 4.78 is 0. The molecule has 0 radical (unpaired) electrons. The SMILES string of the molecule is Cc1ccc2nn(CC(C)(N)C#N)nc2c1. The number of nitrogens with zero attached hydrogens (tertiary/aromatic N) is 4. The third kappa shape index (κ3) is 2.02. The molecule has 82 valence electrons. The Morgan fingerprint density at radius 3 is 2.81 bits per heavy atom. The van der Waals surface area contributed by atoms with Crippen LogP contribution in [-0.2, 0) is 6.54 Å². The Morgan fingerprint density at radius 2 is 2.12 bits per heavy atom. The van der Waals surface area contributed by atoms with E-state index >= 15 is 0 Å². The minimum absolute atomic E-state index is 0.289. The molecule has 0 saturated carbocycles. The number of aromatic nitrogens is 3. The summed E-state index contributed by atoms with van der Waals surface area (Å²) in [4.78, 5) is 1.48. The Kier molecular flexibility index (Phi) is 2.37. The van der Waals surface area contributed by atoms with Crippen molar-refractivity contribution < 1.29 is 0 Å². The number of nitriles is 1. The van der Waals surface area contributed by atoms with E-state index in [9.17, 15) is 0 Å². The van der Waals surface area contributed by atoms with Crippen molar-refractivity contribution in [1.29, 1.82) is 5.26 Å². The van der Waals surface area contributed by atoms with Gasteiger partial charge < -0.3 is 5.73 Å². The Bertz CT molecular complexity index is 561. The predicted molar refractivity (Wildman–Crippen MR) is 60.5 cm³/mol. The van der Waals surface area contributed by atoms with Gasteiger partial charge >= 0.3 is 0 Å². The molecule has 1 aromatic heterocycles. The van der Waals surface area contributed by atoms with Crippen LogP contribution in [0.1, 0.15) is 12.5 Å². The monoisotopic (exact) mass is 215 g/mol. The Balaban J connectivity index is 2.38. The highest BCUT2D eigenvalue weighted by molar-refractivity contribution is 5.74. The highest BCUT2D eigenvalue weighted by atomic mass is 15.5. The first-order valence-corrected chi connectivity index (χ1v) is 5.02. The normalized spacial score (nSPS) is 14.6. The lowest BCUT2D eigenvalue weighted by molar-refractivity contribution is 0.423. The third-order valence-electron chi connectivity index (χ3n) is 2.30. The van der Waals surface area contributed by atoms with E-state index in [2.05, 4.69) is 10.2 Å². The Labute approximate surface area is 93.5 Å². The molecule has 0 aliphatic heterocycles. The minimum atomic E-state index is -0.940. The minimum Gasteiger partial charge on any atom is -0.312 e. The van der Waals surface area contributed by atoms with Crippen molar-refractivity contribution >= 4 is 11.0 Å². The summed E-state index contributed by atoms with van der Waals surface area (Å²) >= 11 is 0. The second-order valence-corrected chi connectivity index (χ2v) is 4.25. The topological polar surface area (TPSA) is 80.5 Å². The van der Waals surface area contributed by atoms with Crippen LogP contribution in [0.5, 0.6) is 0 Å². The summed E-state index contributed by atoms with van der Waals surface area (Å²) in [5.74, 6) is 0. The van der Waals surface area contributed by atoms with Gasteiger partial charge in [-0.15, -0.1) is 0 Å². The molecule has 0 aliphatic rings. The highest BCUT2D eigenvalue weighted by Crippen LogP contribution is 2.11. The van der Waals surface area contributed by atoms with E-state index in [4.69, 9.17) is 11.0 Å². The first-order chi connectivity index (χ1) is 7.50. The summed E-state index contributed by atoms with van der Waals surface area (Å²) in [7, 11) is 0. The van der Waals surface area contributed by atoms with Crippen LogP contribution in [0.25, 0.3) is 11.0 Å². The van der Waals surface area contributed by atoms with Crippen LogP contribution in [0.2, 0.25) is 0 Å². The molecule has 0 amide bonds. The smallest absolute Gasteiger partial charge is 0.122 e. The van der Waals surface area contributed by atoms with Gasteiger partial charge in [0.1, 0.15) is 16.6 Å². The van der Waals surface area contributed by atoms with Gasteiger partial charge in [0.2, 0.25) is 0 Å². The van der Waals surface area contributed by atoms with Crippen LogP contribution in [0.4, 0.5) is 0 Å². The Morgan fingerprint density at radius 1 is 1.44 bits per heavy atom. The van der Waals surface area contributed by atoms with Crippen molar-refractivity contribution in [2.24, 2.45) is 5.73 Å². The first-order valence-electron chi connectivity index (χ1n) is 5.02. The van der Waals surface area contributed by atoms with Gasteiger partial charge in [-0.25, -0.2) is 0 Å². The molecule has 1 heterocycles. The van der Waals surface area contributed by atoms with Gasteiger partial charge in [-0.05, 0) is 31.5 Å². The van der Waals surface area contributed by atoms with E-state index in [-0.39, 0.29) is 6.54 Å². The lowest BCUT2D eigenvalue weighted by Crippen LogP contribution is -2.39. The van der Waals surface area contributed by atoms with Gasteiger partial charge in [-0.1, -0.05) is 6.07 Å². The average molecular weight is 215 g/mol. The molecule has 0 bridgehead atoms. The number of hydrogen-bond donors (Lipinski definition) is 1. The fourth-order valence-electron chi connectivity index (χ4n) is 1.47. The molecular formula is C11H13N5. The fourth-order valence-corrected chi connectivity index (χ4v) is 1.47. The summed E-state index contributed by atoms with van der Waals surface area (Å²) in [6.45, 7) is 3.95. The van der Waals surface area contributed by atoms with Crippen molar-refractivity contribution in [2.75, 3.05) is 0 Å².